The number of carbonyl (C=O) groups is 1. The average molecular weight is 330 g/mol. The van der Waals surface area contributed by atoms with Gasteiger partial charge in [0.25, 0.3) is 0 Å². The molecular weight excluding hydrogens is 300 g/mol. The van der Waals surface area contributed by atoms with Gasteiger partial charge in [-0.2, -0.15) is 0 Å². The summed E-state index contributed by atoms with van der Waals surface area (Å²) in [5.74, 6) is 0.408. The highest BCUT2D eigenvalue weighted by atomic mass is 16.3. The number of nitrogens with one attached hydrogen (secondary N) is 1. The Morgan fingerprint density at radius 2 is 1.88 bits per heavy atom. The number of aliphatic hydroxyl groups is 1. The minimum Gasteiger partial charge on any atom is -0.390 e. The van der Waals surface area contributed by atoms with Gasteiger partial charge in [0, 0.05) is 25.7 Å². The van der Waals surface area contributed by atoms with E-state index in [0.717, 1.165) is 51.7 Å². The van der Waals surface area contributed by atoms with Gasteiger partial charge < -0.3 is 10.4 Å². The summed E-state index contributed by atoms with van der Waals surface area (Å²) in [5, 5.41) is 13.0. The lowest BCUT2D eigenvalue weighted by Gasteiger charge is -2.27. The second-order valence-electron chi connectivity index (χ2n) is 8.16. The Balaban J connectivity index is 1.58. The largest absolute Gasteiger partial charge is 0.390 e. The van der Waals surface area contributed by atoms with E-state index in [9.17, 15) is 9.90 Å². The molecule has 3 rings (SSSR count). The molecule has 1 aromatic rings. The molecule has 0 saturated carbocycles. The quantitative estimate of drug-likeness (QED) is 0.872. The molecule has 132 valence electrons. The van der Waals surface area contributed by atoms with Crippen molar-refractivity contribution in [2.75, 3.05) is 13.1 Å². The van der Waals surface area contributed by atoms with E-state index in [1.807, 2.05) is 13.8 Å². The summed E-state index contributed by atoms with van der Waals surface area (Å²) in [6.07, 6.45) is 4.97. The zero-order valence-electron chi connectivity index (χ0n) is 14.9. The van der Waals surface area contributed by atoms with E-state index in [-0.39, 0.29) is 11.8 Å². The second kappa shape index (κ2) is 7.24. The molecule has 4 heteroatoms. The smallest absolute Gasteiger partial charge is 0.224 e. The molecule has 2 aliphatic rings. The Morgan fingerprint density at radius 1 is 1.17 bits per heavy atom. The van der Waals surface area contributed by atoms with E-state index in [0.29, 0.717) is 6.04 Å². The minimum absolute atomic E-state index is 0.156. The van der Waals surface area contributed by atoms with Crippen LogP contribution in [0.25, 0.3) is 0 Å². The van der Waals surface area contributed by atoms with Crippen LogP contribution in [0.15, 0.2) is 24.3 Å². The third-order valence-electron chi connectivity index (χ3n) is 5.23. The van der Waals surface area contributed by atoms with Gasteiger partial charge in [-0.1, -0.05) is 30.7 Å². The van der Waals surface area contributed by atoms with Crippen LogP contribution in [0.4, 0.5) is 0 Å². The van der Waals surface area contributed by atoms with Gasteiger partial charge in [-0.15, -0.1) is 0 Å². The van der Waals surface area contributed by atoms with Crippen LogP contribution in [0.1, 0.15) is 50.7 Å². The highest BCUT2D eigenvalue weighted by Crippen LogP contribution is 2.23. The lowest BCUT2D eigenvalue weighted by atomic mass is 9.97. The molecule has 2 bridgehead atoms. The van der Waals surface area contributed by atoms with Crippen molar-refractivity contribution in [3.63, 3.8) is 0 Å². The van der Waals surface area contributed by atoms with Gasteiger partial charge in [0.15, 0.2) is 0 Å². The van der Waals surface area contributed by atoms with Gasteiger partial charge in [-0.3, -0.25) is 9.69 Å². The molecule has 2 heterocycles. The Kier molecular flexibility index (Phi) is 5.26. The van der Waals surface area contributed by atoms with Crippen molar-refractivity contribution in [1.82, 2.24) is 10.2 Å². The molecule has 2 aliphatic heterocycles. The summed E-state index contributed by atoms with van der Waals surface area (Å²) in [7, 11) is 0. The fraction of sp³-hybridized carbons (Fsp3) is 0.650. The van der Waals surface area contributed by atoms with E-state index in [1.54, 1.807) is 0 Å². The number of fused-ring (bicyclic) bond motifs is 3. The number of rotatable bonds is 5. The third kappa shape index (κ3) is 4.81. The van der Waals surface area contributed by atoms with Crippen LogP contribution in [0.2, 0.25) is 0 Å². The van der Waals surface area contributed by atoms with Gasteiger partial charge in [-0.25, -0.2) is 0 Å². The first-order valence-corrected chi connectivity index (χ1v) is 9.22. The molecule has 0 unspecified atom stereocenters. The second-order valence-corrected chi connectivity index (χ2v) is 8.16. The third-order valence-corrected chi connectivity index (χ3v) is 5.23. The number of carbonyl (C=O) groups excluding carboxylic acids is 1. The van der Waals surface area contributed by atoms with Crippen molar-refractivity contribution in [2.24, 2.45) is 5.92 Å². The van der Waals surface area contributed by atoms with Crippen molar-refractivity contribution in [2.45, 2.75) is 64.1 Å². The molecule has 0 aromatic heterocycles. The maximum absolute atomic E-state index is 12.1. The SMILES string of the molecule is CC(C)(O)CCc1ccc(CN2C[C@@H]3CCC[C@H](C2)C(=O)N3)cc1. The highest BCUT2D eigenvalue weighted by Gasteiger charge is 2.32. The van der Waals surface area contributed by atoms with Crippen molar-refractivity contribution >= 4 is 5.91 Å². The Morgan fingerprint density at radius 3 is 2.58 bits per heavy atom. The van der Waals surface area contributed by atoms with Gasteiger partial charge in [0.2, 0.25) is 5.91 Å². The average Bonchev–Trinajstić information content (AvgIpc) is 2.74. The van der Waals surface area contributed by atoms with Crippen molar-refractivity contribution in [3.8, 4) is 0 Å². The van der Waals surface area contributed by atoms with Gasteiger partial charge in [0.1, 0.15) is 0 Å². The Bertz CT molecular complexity index is 562. The first-order chi connectivity index (χ1) is 11.4. The van der Waals surface area contributed by atoms with Crippen molar-refractivity contribution in [3.05, 3.63) is 35.4 Å². The predicted octanol–water partition coefficient (Wildman–Crippen LogP) is 2.49. The molecule has 4 nitrogen and oxygen atoms in total. The Hall–Kier alpha value is -1.39. The van der Waals surface area contributed by atoms with Crippen LogP contribution in [0.5, 0.6) is 0 Å². The molecule has 0 aliphatic carbocycles. The molecule has 2 fully saturated rings. The number of likely N-dealkylation sites (tertiary alicyclic amines) is 1. The van der Waals surface area contributed by atoms with E-state index in [1.165, 1.54) is 11.1 Å². The summed E-state index contributed by atoms with van der Waals surface area (Å²) in [5.41, 5.74) is 1.96. The summed E-state index contributed by atoms with van der Waals surface area (Å²) in [6, 6.07) is 9.04. The van der Waals surface area contributed by atoms with Crippen molar-refractivity contribution in [1.29, 1.82) is 0 Å². The number of hydrogen-bond donors (Lipinski definition) is 2. The first-order valence-electron chi connectivity index (χ1n) is 9.22. The molecule has 2 N–H and O–H groups in total. The fourth-order valence-electron chi connectivity index (χ4n) is 3.79. The summed E-state index contributed by atoms with van der Waals surface area (Å²) >= 11 is 0. The first kappa shape index (κ1) is 17.4. The molecule has 0 radical (unpaired) electrons. The maximum atomic E-state index is 12.1. The molecule has 24 heavy (non-hydrogen) atoms. The summed E-state index contributed by atoms with van der Waals surface area (Å²) in [6.45, 7) is 6.46. The van der Waals surface area contributed by atoms with Crippen LogP contribution in [0, 0.1) is 5.92 Å². The van der Waals surface area contributed by atoms with E-state index < -0.39 is 5.60 Å². The van der Waals surface area contributed by atoms with Gasteiger partial charge in [-0.05, 0) is 50.7 Å². The summed E-state index contributed by atoms with van der Waals surface area (Å²) < 4.78 is 0. The van der Waals surface area contributed by atoms with E-state index in [4.69, 9.17) is 0 Å². The molecular formula is C20H30N2O2. The Labute approximate surface area is 145 Å². The molecule has 2 atom stereocenters. The summed E-state index contributed by atoms with van der Waals surface area (Å²) in [4.78, 5) is 14.6. The fourth-order valence-corrected chi connectivity index (χ4v) is 3.79. The molecule has 0 spiro atoms. The van der Waals surface area contributed by atoms with Crippen molar-refractivity contribution < 1.29 is 9.90 Å². The zero-order chi connectivity index (χ0) is 17.2. The van der Waals surface area contributed by atoms with Gasteiger partial charge >= 0.3 is 0 Å². The maximum Gasteiger partial charge on any atom is 0.224 e. The number of hydrogen-bond acceptors (Lipinski definition) is 3. The number of benzene rings is 1. The number of amides is 1. The van der Waals surface area contributed by atoms with E-state index >= 15 is 0 Å². The zero-order valence-corrected chi connectivity index (χ0v) is 14.9. The molecule has 1 aromatic carbocycles. The van der Waals surface area contributed by atoms with Crippen LogP contribution < -0.4 is 5.32 Å². The standard InChI is InChI=1S/C20H30N2O2/c1-20(2,24)11-10-15-6-8-16(9-7-15)12-22-13-17-4-3-5-18(14-22)21-19(17)23/h6-9,17-18,24H,3-5,10-14H2,1-2H3,(H,21,23)/t17-,18+/m1/s1. The van der Waals surface area contributed by atoms with Crippen LogP contribution in [-0.2, 0) is 17.8 Å². The normalized spacial score (nSPS) is 25.2. The van der Waals surface area contributed by atoms with Gasteiger partial charge in [0.05, 0.1) is 11.5 Å². The predicted molar refractivity (Wildman–Crippen MR) is 95.6 cm³/mol. The lowest BCUT2D eigenvalue weighted by Crippen LogP contribution is -2.38. The van der Waals surface area contributed by atoms with E-state index in [2.05, 4.69) is 34.5 Å². The van der Waals surface area contributed by atoms with Crippen LogP contribution in [0.3, 0.4) is 0 Å². The monoisotopic (exact) mass is 330 g/mol. The van der Waals surface area contributed by atoms with Crippen LogP contribution in [-0.4, -0.2) is 40.6 Å². The lowest BCUT2D eigenvalue weighted by molar-refractivity contribution is -0.124. The topological polar surface area (TPSA) is 52.6 Å². The number of nitrogens with zero attached hydrogens (tertiary/aromatic N) is 1. The number of aryl methyl sites for hydroxylation is 1. The molecule has 2 saturated heterocycles. The van der Waals surface area contributed by atoms with Crippen LogP contribution >= 0.6 is 0 Å². The minimum atomic E-state index is -0.609. The molecule has 1 amide bonds. The highest BCUT2D eigenvalue weighted by molar-refractivity contribution is 5.79.